The summed E-state index contributed by atoms with van der Waals surface area (Å²) < 4.78 is 15.7. The lowest BCUT2D eigenvalue weighted by Gasteiger charge is -2.34. The number of amides is 2. The molecule has 1 atom stereocenters. The number of morpholine rings is 1. The number of carbonyl (C=O) groups excluding carboxylic acids is 2. The van der Waals surface area contributed by atoms with Gasteiger partial charge in [0.25, 0.3) is 0 Å². The molecule has 0 spiro atoms. The largest absolute Gasteiger partial charge is 0.497 e. The minimum atomic E-state index is -0.704. The highest BCUT2D eigenvalue weighted by atomic mass is 16.5. The molecular formula is C21H24N2O5. The van der Waals surface area contributed by atoms with E-state index in [9.17, 15) is 9.59 Å². The van der Waals surface area contributed by atoms with Crippen LogP contribution < -0.4 is 14.8 Å². The minimum absolute atomic E-state index is 0.0263. The number of benzene rings is 2. The molecule has 3 rings (SSSR count). The summed E-state index contributed by atoms with van der Waals surface area (Å²) in [6, 6.07) is 12.1. The molecule has 1 saturated heterocycles. The van der Waals surface area contributed by atoms with Crippen LogP contribution in [0, 0.1) is 6.92 Å². The zero-order chi connectivity index (χ0) is 20.1. The maximum absolute atomic E-state index is 12.9. The van der Waals surface area contributed by atoms with E-state index < -0.39 is 6.04 Å². The second-order valence-electron chi connectivity index (χ2n) is 6.57. The molecule has 0 radical (unpaired) electrons. The Morgan fingerprint density at radius 3 is 2.46 bits per heavy atom. The van der Waals surface area contributed by atoms with Crippen LogP contribution in [0.1, 0.15) is 11.1 Å². The van der Waals surface area contributed by atoms with Gasteiger partial charge in [-0.2, -0.15) is 0 Å². The molecule has 1 aliphatic rings. The SMILES string of the molecule is COc1ccc(CN2C(=O)COC[C@H]2C(=O)Nc2ccc(OC)cc2C)cc1. The van der Waals surface area contributed by atoms with Crippen LogP contribution in [0.5, 0.6) is 11.5 Å². The molecule has 0 aliphatic carbocycles. The van der Waals surface area contributed by atoms with Crippen LogP contribution in [0.15, 0.2) is 42.5 Å². The zero-order valence-corrected chi connectivity index (χ0v) is 16.2. The molecule has 0 unspecified atom stereocenters. The van der Waals surface area contributed by atoms with Gasteiger partial charge in [0.1, 0.15) is 24.1 Å². The molecule has 2 aromatic rings. The number of methoxy groups -OCH3 is 2. The Bertz CT molecular complexity index is 850. The van der Waals surface area contributed by atoms with E-state index in [0.29, 0.717) is 18.0 Å². The van der Waals surface area contributed by atoms with Crippen molar-refractivity contribution < 1.29 is 23.8 Å². The van der Waals surface area contributed by atoms with Crippen molar-refractivity contribution in [2.45, 2.75) is 19.5 Å². The molecule has 7 heteroatoms. The highest BCUT2D eigenvalue weighted by molar-refractivity contribution is 5.98. The van der Waals surface area contributed by atoms with E-state index in [2.05, 4.69) is 5.32 Å². The Labute approximate surface area is 164 Å². The monoisotopic (exact) mass is 384 g/mol. The number of anilines is 1. The third-order valence-corrected chi connectivity index (χ3v) is 4.70. The molecule has 2 amide bonds. The summed E-state index contributed by atoms with van der Waals surface area (Å²) in [5, 5.41) is 2.90. The van der Waals surface area contributed by atoms with Crippen molar-refractivity contribution in [1.82, 2.24) is 4.90 Å². The summed E-state index contributed by atoms with van der Waals surface area (Å²) in [4.78, 5) is 26.9. The zero-order valence-electron chi connectivity index (χ0n) is 16.2. The average molecular weight is 384 g/mol. The third kappa shape index (κ3) is 4.43. The molecule has 0 saturated carbocycles. The number of nitrogens with one attached hydrogen (secondary N) is 1. The molecule has 0 bridgehead atoms. The first kappa shape index (κ1) is 19.7. The van der Waals surface area contributed by atoms with Gasteiger partial charge in [-0.25, -0.2) is 0 Å². The quantitative estimate of drug-likeness (QED) is 0.828. The smallest absolute Gasteiger partial charge is 0.249 e. The fourth-order valence-corrected chi connectivity index (χ4v) is 3.07. The Morgan fingerprint density at radius 1 is 1.14 bits per heavy atom. The van der Waals surface area contributed by atoms with Crippen molar-refractivity contribution in [2.75, 3.05) is 32.8 Å². The Hall–Kier alpha value is -3.06. The van der Waals surface area contributed by atoms with Crippen LogP contribution in [-0.4, -0.2) is 50.2 Å². The molecule has 1 aliphatic heterocycles. The van der Waals surface area contributed by atoms with Crippen LogP contribution in [0.4, 0.5) is 5.69 Å². The first-order valence-electron chi connectivity index (χ1n) is 8.97. The van der Waals surface area contributed by atoms with Gasteiger partial charge in [-0.1, -0.05) is 12.1 Å². The van der Waals surface area contributed by atoms with Crippen LogP contribution in [0.3, 0.4) is 0 Å². The first-order chi connectivity index (χ1) is 13.5. The maximum Gasteiger partial charge on any atom is 0.249 e. The lowest BCUT2D eigenvalue weighted by Crippen LogP contribution is -2.54. The van der Waals surface area contributed by atoms with Gasteiger partial charge in [0.05, 0.1) is 20.8 Å². The van der Waals surface area contributed by atoms with Gasteiger partial charge in [0.2, 0.25) is 11.8 Å². The Balaban J connectivity index is 1.75. The second kappa shape index (κ2) is 8.75. The first-order valence-corrected chi connectivity index (χ1v) is 8.97. The molecular weight excluding hydrogens is 360 g/mol. The van der Waals surface area contributed by atoms with Crippen molar-refractivity contribution in [3.8, 4) is 11.5 Å². The summed E-state index contributed by atoms with van der Waals surface area (Å²) in [6.45, 7) is 2.34. The maximum atomic E-state index is 12.9. The van der Waals surface area contributed by atoms with E-state index in [-0.39, 0.29) is 25.0 Å². The van der Waals surface area contributed by atoms with Gasteiger partial charge in [0, 0.05) is 12.2 Å². The summed E-state index contributed by atoms with van der Waals surface area (Å²) in [7, 11) is 3.19. The predicted octanol–water partition coefficient (Wildman–Crippen LogP) is 2.38. The highest BCUT2D eigenvalue weighted by Crippen LogP contribution is 2.23. The molecule has 1 heterocycles. The summed E-state index contributed by atoms with van der Waals surface area (Å²) in [6.07, 6.45) is 0. The van der Waals surface area contributed by atoms with E-state index in [1.807, 2.05) is 37.3 Å². The van der Waals surface area contributed by atoms with Crippen LogP contribution in [0.2, 0.25) is 0 Å². The van der Waals surface area contributed by atoms with Crippen molar-refractivity contribution in [3.63, 3.8) is 0 Å². The van der Waals surface area contributed by atoms with Crippen molar-refractivity contribution >= 4 is 17.5 Å². The molecule has 1 fully saturated rings. The lowest BCUT2D eigenvalue weighted by atomic mass is 10.1. The number of hydrogen-bond donors (Lipinski definition) is 1. The number of ether oxygens (including phenoxy) is 3. The van der Waals surface area contributed by atoms with Crippen LogP contribution in [0.25, 0.3) is 0 Å². The normalized spacial score (nSPS) is 16.6. The number of hydrogen-bond acceptors (Lipinski definition) is 5. The summed E-state index contributed by atoms with van der Waals surface area (Å²) in [5.41, 5.74) is 2.46. The van der Waals surface area contributed by atoms with Gasteiger partial charge in [-0.15, -0.1) is 0 Å². The number of rotatable bonds is 6. The van der Waals surface area contributed by atoms with Gasteiger partial charge in [-0.05, 0) is 48.4 Å². The molecule has 2 aromatic carbocycles. The van der Waals surface area contributed by atoms with Gasteiger partial charge in [0.15, 0.2) is 0 Å². The predicted molar refractivity (Wildman–Crippen MR) is 105 cm³/mol. The highest BCUT2D eigenvalue weighted by Gasteiger charge is 2.34. The number of aryl methyl sites for hydroxylation is 1. The Morgan fingerprint density at radius 2 is 1.82 bits per heavy atom. The summed E-state index contributed by atoms with van der Waals surface area (Å²) >= 11 is 0. The standard InChI is InChI=1S/C21H24N2O5/c1-14-10-17(27-3)8-9-18(14)22-21(25)19-12-28-13-20(24)23(19)11-15-4-6-16(26-2)7-5-15/h4-10,19H,11-13H2,1-3H3,(H,22,25)/t19-/m0/s1. The van der Waals surface area contributed by atoms with Crippen LogP contribution >= 0.6 is 0 Å². The second-order valence-corrected chi connectivity index (χ2v) is 6.57. The molecule has 1 N–H and O–H groups in total. The lowest BCUT2D eigenvalue weighted by molar-refractivity contribution is -0.154. The average Bonchev–Trinajstić information content (AvgIpc) is 2.71. The topological polar surface area (TPSA) is 77.1 Å². The molecule has 0 aromatic heterocycles. The van der Waals surface area contributed by atoms with Crippen molar-refractivity contribution in [3.05, 3.63) is 53.6 Å². The fourth-order valence-electron chi connectivity index (χ4n) is 3.07. The van der Waals surface area contributed by atoms with Crippen LogP contribution in [-0.2, 0) is 20.9 Å². The van der Waals surface area contributed by atoms with Crippen molar-refractivity contribution in [1.29, 1.82) is 0 Å². The van der Waals surface area contributed by atoms with E-state index >= 15 is 0 Å². The number of nitrogens with zero attached hydrogens (tertiary/aromatic N) is 1. The Kier molecular flexibility index (Phi) is 6.16. The third-order valence-electron chi connectivity index (χ3n) is 4.70. The summed E-state index contributed by atoms with van der Waals surface area (Å²) in [5.74, 6) is 0.956. The van der Waals surface area contributed by atoms with Gasteiger partial charge < -0.3 is 24.4 Å². The van der Waals surface area contributed by atoms with E-state index in [1.54, 1.807) is 31.3 Å². The molecule has 28 heavy (non-hydrogen) atoms. The van der Waals surface area contributed by atoms with Gasteiger partial charge >= 0.3 is 0 Å². The molecule has 7 nitrogen and oxygen atoms in total. The van der Waals surface area contributed by atoms with Gasteiger partial charge in [-0.3, -0.25) is 9.59 Å². The van der Waals surface area contributed by atoms with E-state index in [1.165, 1.54) is 0 Å². The molecule has 148 valence electrons. The number of carbonyl (C=O) groups is 2. The fraction of sp³-hybridized carbons (Fsp3) is 0.333. The van der Waals surface area contributed by atoms with E-state index in [4.69, 9.17) is 14.2 Å². The minimum Gasteiger partial charge on any atom is -0.497 e. The van der Waals surface area contributed by atoms with Crippen molar-refractivity contribution in [2.24, 2.45) is 0 Å². The van der Waals surface area contributed by atoms with E-state index in [0.717, 1.165) is 16.9 Å².